The molecule has 2 heterocycles. The predicted molar refractivity (Wildman–Crippen MR) is 127 cm³/mol. The van der Waals surface area contributed by atoms with E-state index in [9.17, 15) is 9.59 Å². The molecule has 0 aliphatic rings. The second-order valence-corrected chi connectivity index (χ2v) is 8.58. The highest BCUT2D eigenvalue weighted by Gasteiger charge is 2.19. The first-order valence-corrected chi connectivity index (χ1v) is 11.1. The third-order valence-corrected chi connectivity index (χ3v) is 5.86. The fraction of sp³-hybridized carbons (Fsp3) is 0.160. The maximum absolute atomic E-state index is 13.1. The second kappa shape index (κ2) is 9.62. The number of nitrogens with zero attached hydrogens (tertiary/aromatic N) is 3. The lowest BCUT2D eigenvalue weighted by Gasteiger charge is -2.11. The van der Waals surface area contributed by atoms with Crippen molar-refractivity contribution in [3.8, 4) is 10.6 Å². The first-order valence-electron chi connectivity index (χ1n) is 10.3. The Morgan fingerprint density at radius 2 is 1.78 bits per heavy atom. The van der Waals surface area contributed by atoms with Crippen LogP contribution in [0.5, 0.6) is 0 Å². The molecule has 6 nitrogen and oxygen atoms in total. The monoisotopic (exact) mass is 444 g/mol. The van der Waals surface area contributed by atoms with Gasteiger partial charge in [-0.1, -0.05) is 48.5 Å². The van der Waals surface area contributed by atoms with Crippen LogP contribution in [0, 0.1) is 0 Å². The molecule has 0 unspecified atom stereocenters. The summed E-state index contributed by atoms with van der Waals surface area (Å²) in [5, 5.41) is 9.65. The van der Waals surface area contributed by atoms with Crippen molar-refractivity contribution >= 4 is 23.2 Å². The molecule has 0 spiro atoms. The number of hydrogen-bond donors (Lipinski definition) is 1. The topological polar surface area (TPSA) is 67.2 Å². The van der Waals surface area contributed by atoms with Crippen LogP contribution < -0.4 is 5.32 Å². The smallest absolute Gasteiger partial charge is 0.255 e. The molecule has 2 amide bonds. The molecule has 162 valence electrons. The minimum atomic E-state index is -0.197. The lowest BCUT2D eigenvalue weighted by molar-refractivity contribution is 0.0827. The average Bonchev–Trinajstić information content (AvgIpc) is 3.48. The van der Waals surface area contributed by atoms with E-state index in [1.54, 1.807) is 42.4 Å². The molecule has 7 heteroatoms. The van der Waals surface area contributed by atoms with Gasteiger partial charge in [-0.2, -0.15) is 5.10 Å². The highest BCUT2D eigenvalue weighted by Crippen LogP contribution is 2.27. The summed E-state index contributed by atoms with van der Waals surface area (Å²) in [5.41, 5.74) is 3.77. The van der Waals surface area contributed by atoms with E-state index in [-0.39, 0.29) is 11.8 Å². The molecule has 32 heavy (non-hydrogen) atoms. The van der Waals surface area contributed by atoms with E-state index in [0.717, 1.165) is 16.0 Å². The van der Waals surface area contributed by atoms with Gasteiger partial charge in [0.1, 0.15) is 5.69 Å². The van der Waals surface area contributed by atoms with Gasteiger partial charge in [-0.25, -0.2) is 0 Å². The Balaban J connectivity index is 1.54. The van der Waals surface area contributed by atoms with Crippen molar-refractivity contribution in [2.24, 2.45) is 0 Å². The van der Waals surface area contributed by atoms with E-state index in [2.05, 4.69) is 5.32 Å². The Hall–Kier alpha value is -3.71. The van der Waals surface area contributed by atoms with Gasteiger partial charge in [-0.15, -0.1) is 11.3 Å². The van der Waals surface area contributed by atoms with Crippen LogP contribution in [0.2, 0.25) is 0 Å². The summed E-state index contributed by atoms with van der Waals surface area (Å²) >= 11 is 1.55. The van der Waals surface area contributed by atoms with Crippen molar-refractivity contribution in [2.75, 3.05) is 14.1 Å². The zero-order valence-corrected chi connectivity index (χ0v) is 18.8. The molecule has 2 aromatic heterocycles. The molecular weight excluding hydrogens is 420 g/mol. The summed E-state index contributed by atoms with van der Waals surface area (Å²) in [5.74, 6) is -0.266. The van der Waals surface area contributed by atoms with Crippen molar-refractivity contribution < 1.29 is 9.59 Å². The van der Waals surface area contributed by atoms with E-state index in [4.69, 9.17) is 5.10 Å². The van der Waals surface area contributed by atoms with Crippen molar-refractivity contribution in [3.05, 3.63) is 101 Å². The van der Waals surface area contributed by atoms with Gasteiger partial charge < -0.3 is 10.2 Å². The van der Waals surface area contributed by atoms with Gasteiger partial charge in [0.05, 0.1) is 17.0 Å². The maximum Gasteiger partial charge on any atom is 0.255 e. The Morgan fingerprint density at radius 3 is 2.50 bits per heavy atom. The Morgan fingerprint density at radius 1 is 1.00 bits per heavy atom. The highest BCUT2D eigenvalue weighted by molar-refractivity contribution is 7.13. The van der Waals surface area contributed by atoms with Crippen LogP contribution in [0.1, 0.15) is 31.8 Å². The minimum absolute atomic E-state index is 0.0691. The lowest BCUT2D eigenvalue weighted by Crippen LogP contribution is -2.24. The minimum Gasteiger partial charge on any atom is -0.348 e. The number of benzene rings is 2. The molecule has 4 aromatic rings. The molecule has 4 rings (SSSR count). The third kappa shape index (κ3) is 4.95. The fourth-order valence-electron chi connectivity index (χ4n) is 3.38. The largest absolute Gasteiger partial charge is 0.348 e. The first kappa shape index (κ1) is 21.5. The molecule has 1 N–H and O–H groups in total. The van der Waals surface area contributed by atoms with Gasteiger partial charge in [0.2, 0.25) is 0 Å². The standard InChI is InChI=1S/C25H24N4O2S/c1-28(2)25(31)20-11-6-10-19(14-20)15-26-24(30)21-17-29(16-18-8-4-3-5-9-18)27-23(21)22-12-7-13-32-22/h3-14,17H,15-16H2,1-2H3,(H,26,30). The van der Waals surface area contributed by atoms with Crippen LogP contribution in [-0.2, 0) is 13.1 Å². The summed E-state index contributed by atoms with van der Waals surface area (Å²) < 4.78 is 1.80. The summed E-state index contributed by atoms with van der Waals surface area (Å²) in [6.07, 6.45) is 1.80. The van der Waals surface area contributed by atoms with Crippen LogP contribution in [0.15, 0.2) is 78.3 Å². The Bertz CT molecular complexity index is 1210. The molecule has 0 radical (unpaired) electrons. The van der Waals surface area contributed by atoms with Gasteiger partial charge in [-0.05, 0) is 34.7 Å². The van der Waals surface area contributed by atoms with Crippen molar-refractivity contribution in [3.63, 3.8) is 0 Å². The third-order valence-electron chi connectivity index (χ3n) is 4.98. The van der Waals surface area contributed by atoms with Gasteiger partial charge in [-0.3, -0.25) is 14.3 Å². The predicted octanol–water partition coefficient (Wildman–Crippen LogP) is 4.29. The summed E-state index contributed by atoms with van der Waals surface area (Å²) in [7, 11) is 3.44. The van der Waals surface area contributed by atoms with Crippen LogP contribution in [-0.4, -0.2) is 40.6 Å². The van der Waals surface area contributed by atoms with Gasteiger partial charge in [0.25, 0.3) is 11.8 Å². The molecule has 0 saturated carbocycles. The highest BCUT2D eigenvalue weighted by atomic mass is 32.1. The zero-order chi connectivity index (χ0) is 22.5. The first-order chi connectivity index (χ1) is 15.5. The van der Waals surface area contributed by atoms with E-state index in [0.29, 0.717) is 29.9 Å². The maximum atomic E-state index is 13.1. The number of rotatable bonds is 7. The molecule has 0 aliphatic heterocycles. The van der Waals surface area contributed by atoms with E-state index >= 15 is 0 Å². The van der Waals surface area contributed by atoms with E-state index in [1.165, 1.54) is 4.90 Å². The Labute approximate surface area is 191 Å². The van der Waals surface area contributed by atoms with Gasteiger partial charge in [0, 0.05) is 32.4 Å². The van der Waals surface area contributed by atoms with Crippen LogP contribution in [0.3, 0.4) is 0 Å². The van der Waals surface area contributed by atoms with Crippen molar-refractivity contribution in [2.45, 2.75) is 13.1 Å². The molecule has 0 bridgehead atoms. The molecule has 0 aliphatic carbocycles. The molecule has 0 fully saturated rings. The number of hydrogen-bond acceptors (Lipinski definition) is 4. The van der Waals surface area contributed by atoms with E-state index < -0.39 is 0 Å². The van der Waals surface area contributed by atoms with Crippen molar-refractivity contribution in [1.29, 1.82) is 0 Å². The molecule has 0 saturated heterocycles. The number of nitrogens with one attached hydrogen (secondary N) is 1. The number of carbonyl (C=O) groups is 2. The number of aromatic nitrogens is 2. The average molecular weight is 445 g/mol. The van der Waals surface area contributed by atoms with E-state index in [1.807, 2.05) is 66.0 Å². The summed E-state index contributed by atoms with van der Waals surface area (Å²) in [6.45, 7) is 0.905. The van der Waals surface area contributed by atoms with Crippen LogP contribution in [0.25, 0.3) is 10.6 Å². The normalized spacial score (nSPS) is 10.7. The number of amides is 2. The number of carbonyl (C=O) groups excluding carboxylic acids is 2. The second-order valence-electron chi connectivity index (χ2n) is 7.63. The molecule has 2 aromatic carbocycles. The Kier molecular flexibility index (Phi) is 6.47. The van der Waals surface area contributed by atoms with Crippen LogP contribution in [0.4, 0.5) is 0 Å². The van der Waals surface area contributed by atoms with Crippen LogP contribution >= 0.6 is 11.3 Å². The van der Waals surface area contributed by atoms with Gasteiger partial charge >= 0.3 is 0 Å². The van der Waals surface area contributed by atoms with Gasteiger partial charge in [0.15, 0.2) is 0 Å². The summed E-state index contributed by atoms with van der Waals surface area (Å²) in [4.78, 5) is 27.8. The molecule has 0 atom stereocenters. The van der Waals surface area contributed by atoms with Crippen molar-refractivity contribution in [1.82, 2.24) is 20.0 Å². The quantitative estimate of drug-likeness (QED) is 0.462. The number of thiophene rings is 1. The fourth-order valence-corrected chi connectivity index (χ4v) is 4.11. The zero-order valence-electron chi connectivity index (χ0n) is 18.0. The lowest BCUT2D eigenvalue weighted by atomic mass is 10.1. The summed E-state index contributed by atoms with van der Waals surface area (Å²) in [6, 6.07) is 21.2. The SMILES string of the molecule is CN(C)C(=O)c1cccc(CNC(=O)c2cn(Cc3ccccc3)nc2-c2cccs2)c1. The molecular formula is C25H24N4O2S.